The van der Waals surface area contributed by atoms with E-state index in [-0.39, 0.29) is 17.0 Å². The molecule has 0 saturated carbocycles. The lowest BCUT2D eigenvalue weighted by atomic mass is 10.2. The molecule has 22 heavy (non-hydrogen) atoms. The van der Waals surface area contributed by atoms with Gasteiger partial charge in [-0.2, -0.15) is 0 Å². The van der Waals surface area contributed by atoms with Gasteiger partial charge in [-0.1, -0.05) is 6.07 Å². The lowest BCUT2D eigenvalue weighted by molar-refractivity contribution is 0.0697. The summed E-state index contributed by atoms with van der Waals surface area (Å²) < 4.78 is 0. The lowest BCUT2D eigenvalue weighted by Gasteiger charge is -2.01. The first-order valence-electron chi connectivity index (χ1n) is 6.26. The zero-order valence-electron chi connectivity index (χ0n) is 11.1. The van der Waals surface area contributed by atoms with Crippen LogP contribution in [0.3, 0.4) is 0 Å². The second kappa shape index (κ2) is 5.45. The Bertz CT molecular complexity index is 942. The highest BCUT2D eigenvalue weighted by atomic mass is 32.1. The van der Waals surface area contributed by atoms with E-state index in [9.17, 15) is 14.7 Å². The molecule has 2 aromatic heterocycles. The monoisotopic (exact) mass is 314 g/mol. The average molecular weight is 314 g/mol. The first-order valence-corrected chi connectivity index (χ1v) is 7.14. The van der Waals surface area contributed by atoms with Crippen LogP contribution in [0.15, 0.2) is 40.5 Å². The zero-order valence-corrected chi connectivity index (χ0v) is 11.9. The number of hydrogen-bond acceptors (Lipinski definition) is 5. The van der Waals surface area contributed by atoms with Crippen LogP contribution in [-0.2, 0) is 0 Å². The first-order chi connectivity index (χ1) is 10.5. The van der Waals surface area contributed by atoms with Crippen molar-refractivity contribution in [3.05, 3.63) is 62.2 Å². The Morgan fingerprint density at radius 2 is 2.09 bits per heavy atom. The summed E-state index contributed by atoms with van der Waals surface area (Å²) in [5, 5.41) is 20.7. The summed E-state index contributed by atoms with van der Waals surface area (Å²) in [7, 11) is 0. The van der Waals surface area contributed by atoms with Crippen molar-refractivity contribution in [2.24, 2.45) is 0 Å². The van der Waals surface area contributed by atoms with Gasteiger partial charge in [-0.25, -0.2) is 9.78 Å². The zero-order chi connectivity index (χ0) is 15.7. The molecule has 0 saturated heterocycles. The Hall–Kier alpha value is -2.93. The van der Waals surface area contributed by atoms with Crippen molar-refractivity contribution in [1.82, 2.24) is 9.97 Å². The van der Waals surface area contributed by atoms with Gasteiger partial charge in [-0.05, 0) is 29.6 Å². The van der Waals surface area contributed by atoms with E-state index in [1.165, 1.54) is 35.6 Å². The van der Waals surface area contributed by atoms with Crippen LogP contribution in [0.4, 0.5) is 0 Å². The van der Waals surface area contributed by atoms with Crippen LogP contribution in [0.25, 0.3) is 22.9 Å². The number of aromatic amines is 1. The minimum absolute atomic E-state index is 0.0468. The number of H-pyrrole nitrogens is 1. The summed E-state index contributed by atoms with van der Waals surface area (Å²) in [6.07, 6.45) is 1.29. The number of fused-ring (bicyclic) bond motifs is 1. The van der Waals surface area contributed by atoms with Crippen molar-refractivity contribution in [3.63, 3.8) is 0 Å². The van der Waals surface area contributed by atoms with Crippen molar-refractivity contribution in [2.75, 3.05) is 0 Å². The topological polar surface area (TPSA) is 103 Å². The molecule has 0 fully saturated rings. The molecule has 1 aromatic carbocycles. The number of carboxylic acids is 1. The number of hydrogen-bond donors (Lipinski definition) is 3. The fourth-order valence-electron chi connectivity index (χ4n) is 1.96. The third-order valence-corrected chi connectivity index (χ3v) is 3.90. The predicted octanol–water partition coefficient (Wildman–Crippen LogP) is 2.74. The Balaban J connectivity index is 2.10. The number of thiophene rings is 1. The minimum Gasteiger partial charge on any atom is -0.506 e. The van der Waals surface area contributed by atoms with Gasteiger partial charge in [0, 0.05) is 6.08 Å². The number of aromatic carboxylic acids is 1. The molecule has 110 valence electrons. The number of aliphatic hydroxyl groups excluding tert-OH is 1. The number of nitrogens with one attached hydrogen (secondary N) is 1. The van der Waals surface area contributed by atoms with Gasteiger partial charge in [0.1, 0.15) is 11.5 Å². The summed E-state index contributed by atoms with van der Waals surface area (Å²) in [5.74, 6) is -1.13. The minimum atomic E-state index is -1.08. The Labute approximate surface area is 128 Å². The standard InChI is InChI=1S/C15H10N2O4S/c18-12(13-2-1-5-22-13)7-11-14(19)17-10-6-8(15(20)21)3-4-9(10)16-11/h1-7,18H,(H,17,19)(H,20,21). The molecule has 0 aliphatic heterocycles. The lowest BCUT2D eigenvalue weighted by Crippen LogP contribution is -2.12. The predicted molar refractivity (Wildman–Crippen MR) is 84.1 cm³/mol. The van der Waals surface area contributed by atoms with E-state index < -0.39 is 11.5 Å². The van der Waals surface area contributed by atoms with Crippen LogP contribution in [0.1, 0.15) is 20.9 Å². The molecule has 7 heteroatoms. The van der Waals surface area contributed by atoms with Crippen molar-refractivity contribution in [2.45, 2.75) is 0 Å². The SMILES string of the molecule is O=C(O)c1ccc2nc(C=C(O)c3cccs3)c(=O)[nH]c2c1. The van der Waals surface area contributed by atoms with Crippen LogP contribution in [-0.4, -0.2) is 26.2 Å². The molecular weight excluding hydrogens is 304 g/mol. The normalized spacial score (nSPS) is 11.7. The van der Waals surface area contributed by atoms with E-state index in [4.69, 9.17) is 5.11 Å². The largest absolute Gasteiger partial charge is 0.506 e. The number of benzene rings is 1. The number of nitrogens with zero attached hydrogens (tertiary/aromatic N) is 1. The van der Waals surface area contributed by atoms with Crippen molar-refractivity contribution in [1.29, 1.82) is 0 Å². The summed E-state index contributed by atoms with van der Waals surface area (Å²) in [6.45, 7) is 0. The van der Waals surface area contributed by atoms with Crippen LogP contribution in [0.5, 0.6) is 0 Å². The maximum Gasteiger partial charge on any atom is 0.335 e. The number of aliphatic hydroxyl groups is 1. The van der Waals surface area contributed by atoms with Crippen LogP contribution in [0.2, 0.25) is 0 Å². The van der Waals surface area contributed by atoms with Gasteiger partial charge in [-0.15, -0.1) is 11.3 Å². The molecule has 0 radical (unpaired) electrons. The van der Waals surface area contributed by atoms with Crippen molar-refractivity contribution in [3.8, 4) is 0 Å². The Morgan fingerprint density at radius 3 is 2.77 bits per heavy atom. The highest BCUT2D eigenvalue weighted by Gasteiger charge is 2.09. The molecule has 0 spiro atoms. The quantitative estimate of drug-likeness (QED) is 0.645. The summed E-state index contributed by atoms with van der Waals surface area (Å²) in [6, 6.07) is 7.77. The molecule has 3 rings (SSSR count). The average Bonchev–Trinajstić information content (AvgIpc) is 3.01. The van der Waals surface area contributed by atoms with Gasteiger partial charge in [0.05, 0.1) is 21.5 Å². The Morgan fingerprint density at radius 1 is 1.27 bits per heavy atom. The van der Waals surface area contributed by atoms with E-state index >= 15 is 0 Å². The maximum atomic E-state index is 12.0. The molecule has 0 aliphatic rings. The van der Waals surface area contributed by atoms with Gasteiger partial charge in [0.25, 0.3) is 5.56 Å². The summed E-state index contributed by atoms with van der Waals surface area (Å²) >= 11 is 1.34. The van der Waals surface area contributed by atoms with Crippen LogP contribution >= 0.6 is 11.3 Å². The van der Waals surface area contributed by atoms with Gasteiger partial charge < -0.3 is 15.2 Å². The molecule has 0 amide bonds. The van der Waals surface area contributed by atoms with Crippen LogP contribution < -0.4 is 5.56 Å². The molecular formula is C15H10N2O4S. The van der Waals surface area contributed by atoms with Crippen molar-refractivity contribution >= 4 is 40.2 Å². The van der Waals surface area contributed by atoms with Crippen LogP contribution in [0, 0.1) is 0 Å². The van der Waals surface area contributed by atoms with Gasteiger partial charge in [-0.3, -0.25) is 4.79 Å². The Kier molecular flexibility index (Phi) is 3.48. The summed E-state index contributed by atoms with van der Waals surface area (Å²) in [5.41, 5.74) is 0.391. The van der Waals surface area contributed by atoms with Gasteiger partial charge in [0.15, 0.2) is 0 Å². The number of carbonyl (C=O) groups is 1. The molecule has 0 atom stereocenters. The molecule has 0 unspecified atom stereocenters. The van der Waals surface area contributed by atoms with Gasteiger partial charge in [0.2, 0.25) is 0 Å². The second-order valence-corrected chi connectivity index (χ2v) is 5.44. The molecule has 0 bridgehead atoms. The number of aromatic nitrogens is 2. The van der Waals surface area contributed by atoms with E-state index in [2.05, 4.69) is 9.97 Å². The molecule has 0 aliphatic carbocycles. The number of carboxylic acid groups (broad SMARTS) is 1. The highest BCUT2D eigenvalue weighted by Crippen LogP contribution is 2.19. The van der Waals surface area contributed by atoms with Crippen molar-refractivity contribution < 1.29 is 15.0 Å². The third kappa shape index (κ3) is 2.61. The van der Waals surface area contributed by atoms with E-state index in [0.29, 0.717) is 15.9 Å². The van der Waals surface area contributed by atoms with E-state index in [1.807, 2.05) is 5.38 Å². The number of rotatable bonds is 3. The molecule has 2 heterocycles. The molecule has 6 nitrogen and oxygen atoms in total. The summed E-state index contributed by atoms with van der Waals surface area (Å²) in [4.78, 5) is 30.3. The molecule has 3 aromatic rings. The fourth-order valence-corrected chi connectivity index (χ4v) is 2.60. The van der Waals surface area contributed by atoms with Gasteiger partial charge >= 0.3 is 5.97 Å². The van der Waals surface area contributed by atoms with E-state index in [1.54, 1.807) is 12.1 Å². The smallest absolute Gasteiger partial charge is 0.335 e. The highest BCUT2D eigenvalue weighted by molar-refractivity contribution is 7.11. The first kappa shape index (κ1) is 14.0. The maximum absolute atomic E-state index is 12.0. The van der Waals surface area contributed by atoms with E-state index in [0.717, 1.165) is 0 Å². The molecule has 3 N–H and O–H groups in total. The third-order valence-electron chi connectivity index (χ3n) is 3.01. The second-order valence-electron chi connectivity index (χ2n) is 4.50. The fraction of sp³-hybridized carbons (Fsp3) is 0.